The van der Waals surface area contributed by atoms with Crippen molar-refractivity contribution in [3.05, 3.63) is 36.1 Å². The van der Waals surface area contributed by atoms with Gasteiger partial charge in [0.05, 0.1) is 11.8 Å². The first-order valence-corrected chi connectivity index (χ1v) is 5.53. The van der Waals surface area contributed by atoms with Gasteiger partial charge in [-0.2, -0.15) is 0 Å². The zero-order valence-electron chi connectivity index (χ0n) is 10.5. The fourth-order valence-electron chi connectivity index (χ4n) is 1.88. The number of esters is 1. The van der Waals surface area contributed by atoms with E-state index in [1.807, 2.05) is 0 Å². The number of carboxylic acids is 1. The van der Waals surface area contributed by atoms with Crippen LogP contribution < -0.4 is 4.74 Å². The Morgan fingerprint density at radius 3 is 2.68 bits per heavy atom. The largest absolute Gasteiger partial charge is 0.478 e. The lowest BCUT2D eigenvalue weighted by Gasteiger charge is -2.12. The Labute approximate surface area is 109 Å². The van der Waals surface area contributed by atoms with E-state index in [2.05, 4.69) is 6.58 Å². The molecule has 1 aromatic carbocycles. The van der Waals surface area contributed by atoms with Gasteiger partial charge in [-0.1, -0.05) is 6.58 Å². The summed E-state index contributed by atoms with van der Waals surface area (Å²) in [6, 6.07) is 3.29. The van der Waals surface area contributed by atoms with Crippen LogP contribution >= 0.6 is 0 Å². The quantitative estimate of drug-likeness (QED) is 0.521. The van der Waals surface area contributed by atoms with Crippen LogP contribution in [0.2, 0.25) is 0 Å². The number of aliphatic carboxylic acids is 1. The van der Waals surface area contributed by atoms with Crippen molar-refractivity contribution in [3.63, 3.8) is 0 Å². The van der Waals surface area contributed by atoms with Crippen molar-refractivity contribution in [1.29, 1.82) is 0 Å². The van der Waals surface area contributed by atoms with Crippen LogP contribution in [0, 0.1) is 6.92 Å². The van der Waals surface area contributed by atoms with Crippen molar-refractivity contribution in [3.8, 4) is 5.75 Å². The summed E-state index contributed by atoms with van der Waals surface area (Å²) in [5.74, 6) is -1.54. The summed E-state index contributed by atoms with van der Waals surface area (Å²) >= 11 is 0. The normalized spacial score (nSPS) is 10.4. The number of rotatable bonds is 3. The van der Waals surface area contributed by atoms with Crippen LogP contribution in [-0.4, -0.2) is 17.0 Å². The standard InChI is InChI=1S/C14H12O5/c1-7(14(16)17)11-6-10-4-5-18-12(10)8(2)13(11)19-9(3)15/h4-6H,1H2,2-3H3,(H,16,17). The van der Waals surface area contributed by atoms with Crippen LogP contribution in [-0.2, 0) is 9.59 Å². The number of furan rings is 1. The van der Waals surface area contributed by atoms with Gasteiger partial charge in [0.25, 0.3) is 0 Å². The second-order valence-corrected chi connectivity index (χ2v) is 4.09. The molecule has 0 bridgehead atoms. The summed E-state index contributed by atoms with van der Waals surface area (Å²) in [5.41, 5.74) is 1.25. The molecule has 2 aromatic rings. The highest BCUT2D eigenvalue weighted by atomic mass is 16.5. The van der Waals surface area contributed by atoms with Crippen molar-refractivity contribution >= 4 is 28.5 Å². The Morgan fingerprint density at radius 2 is 2.11 bits per heavy atom. The molecule has 1 N–H and O–H groups in total. The first-order chi connectivity index (χ1) is 8.91. The maximum Gasteiger partial charge on any atom is 0.335 e. The van der Waals surface area contributed by atoms with Gasteiger partial charge in [-0.15, -0.1) is 0 Å². The molecule has 0 aliphatic rings. The predicted octanol–water partition coefficient (Wildman–Crippen LogP) is 2.76. The number of fused-ring (bicyclic) bond motifs is 1. The average Bonchev–Trinajstić information content (AvgIpc) is 2.79. The number of ether oxygens (including phenoxy) is 1. The summed E-state index contributed by atoms with van der Waals surface area (Å²) in [6.07, 6.45) is 1.49. The van der Waals surface area contributed by atoms with Gasteiger partial charge in [-0.3, -0.25) is 4.79 Å². The molecule has 98 valence electrons. The molecule has 5 heteroatoms. The Kier molecular flexibility index (Phi) is 3.12. The number of carbonyl (C=O) groups is 2. The van der Waals surface area contributed by atoms with E-state index in [1.54, 1.807) is 19.1 Å². The van der Waals surface area contributed by atoms with E-state index in [1.165, 1.54) is 13.2 Å². The molecule has 2 rings (SSSR count). The molecule has 0 radical (unpaired) electrons. The van der Waals surface area contributed by atoms with Gasteiger partial charge in [-0.25, -0.2) is 4.79 Å². The molecule has 0 amide bonds. The second-order valence-electron chi connectivity index (χ2n) is 4.09. The molecule has 0 spiro atoms. The Bertz CT molecular complexity index is 693. The molecule has 0 aliphatic heterocycles. The molecule has 5 nitrogen and oxygen atoms in total. The SMILES string of the molecule is C=C(C(=O)O)c1cc2ccoc2c(C)c1OC(C)=O. The zero-order valence-corrected chi connectivity index (χ0v) is 10.5. The van der Waals surface area contributed by atoms with E-state index >= 15 is 0 Å². The van der Waals surface area contributed by atoms with Gasteiger partial charge < -0.3 is 14.3 Å². The van der Waals surface area contributed by atoms with E-state index in [-0.39, 0.29) is 16.9 Å². The topological polar surface area (TPSA) is 76.7 Å². The first kappa shape index (κ1) is 12.9. The summed E-state index contributed by atoms with van der Waals surface area (Å²) in [4.78, 5) is 22.2. The van der Waals surface area contributed by atoms with Gasteiger partial charge in [-0.05, 0) is 19.1 Å². The van der Waals surface area contributed by atoms with Crippen LogP contribution in [0.5, 0.6) is 5.75 Å². The molecular formula is C14H12O5. The third-order valence-electron chi connectivity index (χ3n) is 2.75. The fourth-order valence-corrected chi connectivity index (χ4v) is 1.88. The van der Waals surface area contributed by atoms with E-state index in [0.29, 0.717) is 11.1 Å². The minimum Gasteiger partial charge on any atom is -0.478 e. The Hall–Kier alpha value is -2.56. The van der Waals surface area contributed by atoms with Crippen molar-refractivity contribution in [2.24, 2.45) is 0 Å². The molecule has 0 saturated heterocycles. The number of hydrogen-bond acceptors (Lipinski definition) is 4. The monoisotopic (exact) mass is 260 g/mol. The molecule has 0 saturated carbocycles. The average molecular weight is 260 g/mol. The molecular weight excluding hydrogens is 248 g/mol. The highest BCUT2D eigenvalue weighted by Crippen LogP contribution is 2.35. The summed E-state index contributed by atoms with van der Waals surface area (Å²) < 4.78 is 10.4. The fraction of sp³-hybridized carbons (Fsp3) is 0.143. The minimum absolute atomic E-state index is 0.137. The van der Waals surface area contributed by atoms with Crippen molar-refractivity contribution in [1.82, 2.24) is 0 Å². The van der Waals surface area contributed by atoms with Crippen LogP contribution in [0.15, 0.2) is 29.4 Å². The molecule has 0 aliphatic carbocycles. The maximum absolute atomic E-state index is 11.2. The van der Waals surface area contributed by atoms with Crippen molar-refractivity contribution in [2.75, 3.05) is 0 Å². The van der Waals surface area contributed by atoms with Crippen LogP contribution in [0.4, 0.5) is 0 Å². The smallest absolute Gasteiger partial charge is 0.335 e. The van der Waals surface area contributed by atoms with Gasteiger partial charge in [0.1, 0.15) is 11.3 Å². The number of carbonyl (C=O) groups excluding carboxylic acids is 1. The Balaban J connectivity index is 2.74. The summed E-state index contributed by atoms with van der Waals surface area (Å²) in [5, 5.41) is 9.77. The van der Waals surface area contributed by atoms with Gasteiger partial charge in [0.15, 0.2) is 0 Å². The van der Waals surface area contributed by atoms with Crippen LogP contribution in [0.3, 0.4) is 0 Å². The zero-order chi connectivity index (χ0) is 14.2. The van der Waals surface area contributed by atoms with Gasteiger partial charge >= 0.3 is 11.9 Å². The van der Waals surface area contributed by atoms with Crippen LogP contribution in [0.25, 0.3) is 16.5 Å². The van der Waals surface area contributed by atoms with Crippen LogP contribution in [0.1, 0.15) is 18.1 Å². The number of benzene rings is 1. The molecule has 1 aromatic heterocycles. The summed E-state index contributed by atoms with van der Waals surface area (Å²) in [7, 11) is 0. The molecule has 0 fully saturated rings. The lowest BCUT2D eigenvalue weighted by molar-refractivity contribution is -0.132. The van der Waals surface area contributed by atoms with Gasteiger partial charge in [0, 0.05) is 23.4 Å². The molecule has 0 atom stereocenters. The van der Waals surface area contributed by atoms with Crippen molar-refractivity contribution < 1.29 is 23.8 Å². The van der Waals surface area contributed by atoms with E-state index in [0.717, 1.165) is 5.39 Å². The molecule has 19 heavy (non-hydrogen) atoms. The predicted molar refractivity (Wildman–Crippen MR) is 68.9 cm³/mol. The lowest BCUT2D eigenvalue weighted by Crippen LogP contribution is -2.08. The maximum atomic E-state index is 11.2. The third kappa shape index (κ3) is 2.22. The highest BCUT2D eigenvalue weighted by molar-refractivity contribution is 6.16. The summed E-state index contributed by atoms with van der Waals surface area (Å²) in [6.45, 7) is 6.45. The van der Waals surface area contributed by atoms with E-state index < -0.39 is 11.9 Å². The second kappa shape index (κ2) is 4.61. The third-order valence-corrected chi connectivity index (χ3v) is 2.75. The number of aryl methyl sites for hydroxylation is 1. The Morgan fingerprint density at radius 1 is 1.42 bits per heavy atom. The van der Waals surface area contributed by atoms with E-state index in [4.69, 9.17) is 14.3 Å². The molecule has 0 unspecified atom stereocenters. The van der Waals surface area contributed by atoms with Crippen molar-refractivity contribution in [2.45, 2.75) is 13.8 Å². The molecule has 1 heterocycles. The lowest BCUT2D eigenvalue weighted by atomic mass is 10.0. The minimum atomic E-state index is -1.17. The van der Waals surface area contributed by atoms with E-state index in [9.17, 15) is 9.59 Å². The first-order valence-electron chi connectivity index (χ1n) is 5.53. The van der Waals surface area contributed by atoms with Gasteiger partial charge in [0.2, 0.25) is 0 Å². The highest BCUT2D eigenvalue weighted by Gasteiger charge is 2.20. The number of hydrogen-bond donors (Lipinski definition) is 1. The number of carboxylic acid groups (broad SMARTS) is 1.